The monoisotopic (exact) mass is 451 g/mol. The van der Waals surface area contributed by atoms with E-state index in [1.54, 1.807) is 18.2 Å². The summed E-state index contributed by atoms with van der Waals surface area (Å²) in [5, 5.41) is 27.5. The lowest BCUT2D eigenvalue weighted by Gasteiger charge is -2.42. The molecule has 3 nitrogen and oxygen atoms in total. The van der Waals surface area contributed by atoms with Crippen LogP contribution in [0.1, 0.15) is 11.1 Å². The lowest BCUT2D eigenvalue weighted by molar-refractivity contribution is 1.27. The van der Waals surface area contributed by atoms with Gasteiger partial charge >= 0.3 is 0 Å². The van der Waals surface area contributed by atoms with E-state index >= 15 is 0 Å². The molecule has 0 fully saturated rings. The van der Waals surface area contributed by atoms with E-state index in [0.717, 1.165) is 22.1 Å². The second-order valence-electron chi connectivity index (χ2n) is 9.25. The van der Waals surface area contributed by atoms with Gasteiger partial charge in [0.05, 0.1) is 22.5 Å². The van der Waals surface area contributed by atoms with Crippen LogP contribution < -0.4 is 15.3 Å². The van der Waals surface area contributed by atoms with Crippen LogP contribution >= 0.6 is 0 Å². The summed E-state index contributed by atoms with van der Waals surface area (Å²) in [5.41, 5.74) is 3.82. The third kappa shape index (κ3) is 2.67. The fraction of sp³-hybridized carbons (Fsp3) is 0.0667. The minimum atomic E-state index is -2.15. The summed E-state index contributed by atoms with van der Waals surface area (Å²) in [6, 6.07) is 35.8. The maximum atomic E-state index is 10.1. The zero-order chi connectivity index (χ0) is 23.4. The molecule has 0 amide bonds. The summed E-state index contributed by atoms with van der Waals surface area (Å²) in [4.78, 5) is 2.19. The van der Waals surface area contributed by atoms with Crippen molar-refractivity contribution in [3.8, 4) is 12.1 Å². The Bertz CT molecular complexity index is 1690. The Morgan fingerprint density at radius 2 is 1.21 bits per heavy atom. The topological polar surface area (TPSA) is 50.8 Å². The zero-order valence-corrected chi connectivity index (χ0v) is 20.0. The van der Waals surface area contributed by atoms with Crippen LogP contribution in [0.25, 0.3) is 21.5 Å². The predicted octanol–water partition coefficient (Wildman–Crippen LogP) is 6.34. The van der Waals surface area contributed by atoms with Crippen molar-refractivity contribution in [1.82, 2.24) is 0 Å². The number of nitrogens with zero attached hydrogens (tertiary/aromatic N) is 3. The molecule has 0 atom stereocenters. The van der Waals surface area contributed by atoms with Gasteiger partial charge in [-0.05, 0) is 44.7 Å². The van der Waals surface area contributed by atoms with Crippen LogP contribution in [0.4, 0.5) is 17.1 Å². The maximum absolute atomic E-state index is 10.1. The number of rotatable bonds is 1. The Morgan fingerprint density at radius 1 is 0.618 bits per heavy atom. The quantitative estimate of drug-likeness (QED) is 0.279. The molecule has 0 saturated heterocycles. The Kier molecular flexibility index (Phi) is 4.36. The standard InChI is InChI=1S/C30H21N3Si/c1-34(2)27-17-15-20-8-3-5-12-24(20)29(27)33(28-22(18-31)10-7-11-23(28)19-32)26-16-14-21-9-4-6-13-25(21)30(26)34/h3-17H,1-2H3. The minimum Gasteiger partial charge on any atom is -0.307 e. The molecule has 0 N–H and O–H groups in total. The third-order valence-corrected chi connectivity index (χ3v) is 10.6. The van der Waals surface area contributed by atoms with Gasteiger partial charge in [0.15, 0.2) is 0 Å². The Hall–Kier alpha value is -4.38. The lowest BCUT2D eigenvalue weighted by Crippen LogP contribution is -2.59. The van der Waals surface area contributed by atoms with Crippen molar-refractivity contribution in [2.24, 2.45) is 0 Å². The van der Waals surface area contributed by atoms with Gasteiger partial charge in [0.25, 0.3) is 0 Å². The molecular weight excluding hydrogens is 430 g/mol. The molecule has 5 aromatic rings. The first-order valence-electron chi connectivity index (χ1n) is 11.3. The summed E-state index contributed by atoms with van der Waals surface area (Å²) in [7, 11) is -2.15. The molecule has 1 heterocycles. The van der Waals surface area contributed by atoms with Crippen molar-refractivity contribution in [3.63, 3.8) is 0 Å². The van der Waals surface area contributed by atoms with E-state index in [2.05, 4.69) is 103 Å². The SMILES string of the molecule is C[Si]1(C)c2ccc3ccccc3c2N(c2c(C#N)cccc2C#N)c2ccc3ccccc3c21. The molecule has 0 bridgehead atoms. The molecule has 0 unspecified atom stereocenters. The Morgan fingerprint density at radius 3 is 1.88 bits per heavy atom. The summed E-state index contributed by atoms with van der Waals surface area (Å²) < 4.78 is 0. The second-order valence-corrected chi connectivity index (χ2v) is 13.5. The average molecular weight is 452 g/mol. The smallest absolute Gasteiger partial charge is 0.118 e. The van der Waals surface area contributed by atoms with Gasteiger partial charge in [-0.15, -0.1) is 0 Å². The molecule has 1 aliphatic rings. The van der Waals surface area contributed by atoms with Crippen molar-refractivity contribution in [2.75, 3.05) is 4.90 Å². The van der Waals surface area contributed by atoms with E-state index in [0.29, 0.717) is 16.8 Å². The van der Waals surface area contributed by atoms with Gasteiger partial charge in [-0.1, -0.05) is 85.9 Å². The molecule has 0 spiro atoms. The lowest BCUT2D eigenvalue weighted by atomic mass is 10.0. The van der Waals surface area contributed by atoms with E-state index in [1.165, 1.54) is 21.1 Å². The summed E-state index contributed by atoms with van der Waals surface area (Å²) in [6.45, 7) is 4.81. The molecule has 1 aliphatic heterocycles. The van der Waals surface area contributed by atoms with Crippen molar-refractivity contribution in [3.05, 3.63) is 102 Å². The fourth-order valence-electron chi connectivity index (χ4n) is 5.56. The highest BCUT2D eigenvalue weighted by Crippen LogP contribution is 2.45. The third-order valence-electron chi connectivity index (χ3n) is 7.07. The van der Waals surface area contributed by atoms with Crippen LogP contribution in [-0.2, 0) is 0 Å². The van der Waals surface area contributed by atoms with Gasteiger partial charge in [0.1, 0.15) is 20.2 Å². The van der Waals surface area contributed by atoms with Crippen LogP contribution in [0.2, 0.25) is 13.1 Å². The van der Waals surface area contributed by atoms with Gasteiger partial charge < -0.3 is 4.90 Å². The van der Waals surface area contributed by atoms with Gasteiger partial charge in [-0.25, -0.2) is 0 Å². The number of fused-ring (bicyclic) bond motifs is 6. The molecular formula is C30H21N3Si. The van der Waals surface area contributed by atoms with Crippen molar-refractivity contribution < 1.29 is 0 Å². The van der Waals surface area contributed by atoms with Crippen LogP contribution in [0, 0.1) is 22.7 Å². The highest BCUT2D eigenvalue weighted by molar-refractivity contribution is 7.04. The molecule has 0 aromatic heterocycles. The van der Waals surface area contributed by atoms with E-state index in [1.807, 2.05) is 0 Å². The Balaban J connectivity index is 1.85. The highest BCUT2D eigenvalue weighted by atomic mass is 28.3. The van der Waals surface area contributed by atoms with Crippen molar-refractivity contribution in [1.29, 1.82) is 10.5 Å². The van der Waals surface area contributed by atoms with Gasteiger partial charge in [0.2, 0.25) is 0 Å². The van der Waals surface area contributed by atoms with Crippen molar-refractivity contribution >= 4 is 57.1 Å². The summed E-state index contributed by atoms with van der Waals surface area (Å²) >= 11 is 0. The molecule has 0 aliphatic carbocycles. The first-order chi connectivity index (χ1) is 16.6. The number of benzene rings is 5. The van der Waals surface area contributed by atoms with Gasteiger partial charge in [-0.3, -0.25) is 0 Å². The zero-order valence-electron chi connectivity index (χ0n) is 19.0. The molecule has 0 saturated carbocycles. The molecule has 0 radical (unpaired) electrons. The van der Waals surface area contributed by atoms with Crippen LogP contribution in [0.3, 0.4) is 0 Å². The summed E-state index contributed by atoms with van der Waals surface area (Å²) in [6.07, 6.45) is 0. The normalized spacial score (nSPS) is 13.7. The fourth-order valence-corrected chi connectivity index (χ4v) is 8.90. The minimum absolute atomic E-state index is 0.499. The molecule has 6 rings (SSSR count). The number of para-hydroxylation sites is 1. The average Bonchev–Trinajstić information content (AvgIpc) is 2.88. The van der Waals surface area contributed by atoms with E-state index in [4.69, 9.17) is 0 Å². The van der Waals surface area contributed by atoms with Gasteiger partial charge in [-0.2, -0.15) is 10.5 Å². The molecule has 4 heteroatoms. The van der Waals surface area contributed by atoms with Crippen LogP contribution in [0.5, 0.6) is 0 Å². The van der Waals surface area contributed by atoms with Crippen LogP contribution in [-0.4, -0.2) is 8.07 Å². The van der Waals surface area contributed by atoms with E-state index in [-0.39, 0.29) is 0 Å². The van der Waals surface area contributed by atoms with E-state index < -0.39 is 8.07 Å². The molecule has 34 heavy (non-hydrogen) atoms. The van der Waals surface area contributed by atoms with Crippen LogP contribution in [0.15, 0.2) is 91.0 Å². The number of hydrogen-bond donors (Lipinski definition) is 0. The predicted molar refractivity (Wildman–Crippen MR) is 142 cm³/mol. The number of nitriles is 2. The summed E-state index contributed by atoms with van der Waals surface area (Å²) in [5.74, 6) is 0. The first-order valence-corrected chi connectivity index (χ1v) is 14.3. The number of hydrogen-bond acceptors (Lipinski definition) is 3. The first kappa shape index (κ1) is 20.2. The van der Waals surface area contributed by atoms with Gasteiger partial charge in [0, 0.05) is 11.1 Å². The van der Waals surface area contributed by atoms with Crippen molar-refractivity contribution in [2.45, 2.75) is 13.1 Å². The Labute approximate surface area is 199 Å². The largest absolute Gasteiger partial charge is 0.307 e. The second kappa shape index (κ2) is 7.32. The molecule has 5 aromatic carbocycles. The maximum Gasteiger partial charge on any atom is 0.118 e. The highest BCUT2D eigenvalue weighted by Gasteiger charge is 2.41. The molecule has 160 valence electrons. The van der Waals surface area contributed by atoms with E-state index in [9.17, 15) is 10.5 Å². The number of anilines is 3.